The predicted molar refractivity (Wildman–Crippen MR) is 98.2 cm³/mol. The van der Waals surface area contributed by atoms with Crippen LogP contribution in [0.4, 0.5) is 0 Å². The Morgan fingerprint density at radius 2 is 2.12 bits per heavy atom. The summed E-state index contributed by atoms with van der Waals surface area (Å²) in [5, 5.41) is 2.20. The van der Waals surface area contributed by atoms with Crippen LogP contribution in [0.1, 0.15) is 42.6 Å². The molecule has 0 radical (unpaired) electrons. The molecule has 24 heavy (non-hydrogen) atoms. The molecule has 1 saturated heterocycles. The number of hydrogen-bond acceptors (Lipinski definition) is 5. The van der Waals surface area contributed by atoms with Gasteiger partial charge in [0.1, 0.15) is 0 Å². The fourth-order valence-electron chi connectivity index (χ4n) is 3.10. The van der Waals surface area contributed by atoms with Crippen molar-refractivity contribution in [3.63, 3.8) is 0 Å². The van der Waals surface area contributed by atoms with Crippen molar-refractivity contribution >= 4 is 28.9 Å². The Kier molecular flexibility index (Phi) is 5.45. The van der Waals surface area contributed by atoms with Gasteiger partial charge in [0.2, 0.25) is 0 Å². The third-order valence-electron chi connectivity index (χ3n) is 4.50. The van der Waals surface area contributed by atoms with Gasteiger partial charge in [-0.3, -0.25) is 4.79 Å². The first-order chi connectivity index (χ1) is 11.5. The van der Waals surface area contributed by atoms with Gasteiger partial charge in [-0.05, 0) is 43.0 Å². The molecule has 1 aliphatic rings. The molecule has 0 aliphatic carbocycles. The molecule has 2 aromatic rings. The number of carbonyl (C=O) groups excluding carboxylic acids is 1. The Hall–Kier alpha value is -1.14. The molecular weight excluding hydrogens is 340 g/mol. The van der Waals surface area contributed by atoms with E-state index in [2.05, 4.69) is 18.4 Å². The highest BCUT2D eigenvalue weighted by atomic mass is 32.2. The predicted octanol–water partition coefficient (Wildman–Crippen LogP) is 5.14. The largest absolute Gasteiger partial charge is 0.378 e. The zero-order chi connectivity index (χ0) is 17.2. The quantitative estimate of drug-likeness (QED) is 0.690. The molecule has 0 unspecified atom stereocenters. The second-order valence-corrected chi connectivity index (χ2v) is 8.46. The van der Waals surface area contributed by atoms with Gasteiger partial charge in [0.25, 0.3) is 0 Å². The Balaban J connectivity index is 1.76. The summed E-state index contributed by atoms with van der Waals surface area (Å²) in [5.74, 6) is 0.0978. The van der Waals surface area contributed by atoms with Crippen molar-refractivity contribution in [2.45, 2.75) is 47.5 Å². The molecule has 1 aromatic carbocycles. The number of thiophene rings is 1. The Bertz CT molecular complexity index is 708. The van der Waals surface area contributed by atoms with Crippen LogP contribution in [0.3, 0.4) is 0 Å². The van der Waals surface area contributed by atoms with Crippen LogP contribution in [0.2, 0.25) is 0 Å². The number of Topliss-reactive ketones (excluding diaryl/α,β-unsaturated/α-hetero) is 1. The second kappa shape index (κ2) is 7.40. The summed E-state index contributed by atoms with van der Waals surface area (Å²) in [4.78, 5) is 12.5. The smallest absolute Gasteiger partial charge is 0.159 e. The minimum Gasteiger partial charge on any atom is -0.378 e. The van der Waals surface area contributed by atoms with Gasteiger partial charge in [0.15, 0.2) is 5.78 Å². The summed E-state index contributed by atoms with van der Waals surface area (Å²) in [5.41, 5.74) is 1.76. The van der Waals surface area contributed by atoms with Crippen molar-refractivity contribution in [3.05, 3.63) is 46.8 Å². The van der Waals surface area contributed by atoms with Crippen LogP contribution in [-0.4, -0.2) is 25.6 Å². The maximum atomic E-state index is 11.4. The molecule has 0 spiro atoms. The van der Waals surface area contributed by atoms with Gasteiger partial charge < -0.3 is 9.47 Å². The number of hydrogen-bond donors (Lipinski definition) is 0. The number of methoxy groups -OCH3 is 1. The zero-order valence-corrected chi connectivity index (χ0v) is 15.8. The molecule has 1 aliphatic heterocycles. The molecule has 2 atom stereocenters. The van der Waals surface area contributed by atoms with Crippen molar-refractivity contribution in [1.29, 1.82) is 0 Å². The van der Waals surface area contributed by atoms with Crippen LogP contribution in [0, 0.1) is 0 Å². The SMILES string of the molecule is CO[C@@]1(c2csc(Sc3ccc(C(C)=O)cc3)c2)CCO[C@@H](C)C1. The van der Waals surface area contributed by atoms with E-state index < -0.39 is 0 Å². The summed E-state index contributed by atoms with van der Waals surface area (Å²) < 4.78 is 12.8. The summed E-state index contributed by atoms with van der Waals surface area (Å²) in [6.07, 6.45) is 1.99. The van der Waals surface area contributed by atoms with Crippen LogP contribution < -0.4 is 0 Å². The minimum absolute atomic E-state index is 0.0978. The van der Waals surface area contributed by atoms with Gasteiger partial charge in [0, 0.05) is 30.4 Å². The molecule has 0 amide bonds. The number of ether oxygens (including phenoxy) is 2. The van der Waals surface area contributed by atoms with Gasteiger partial charge in [0.05, 0.1) is 22.5 Å². The van der Waals surface area contributed by atoms with Gasteiger partial charge in [-0.2, -0.15) is 0 Å². The van der Waals surface area contributed by atoms with Crippen LogP contribution in [0.15, 0.2) is 44.8 Å². The fourth-order valence-corrected chi connectivity index (χ4v) is 5.14. The van der Waals surface area contributed by atoms with Gasteiger partial charge >= 0.3 is 0 Å². The van der Waals surface area contributed by atoms with Crippen molar-refractivity contribution < 1.29 is 14.3 Å². The number of benzene rings is 1. The molecule has 1 aromatic heterocycles. The van der Waals surface area contributed by atoms with Gasteiger partial charge in [-0.25, -0.2) is 0 Å². The molecule has 1 fully saturated rings. The third-order valence-corrected chi connectivity index (χ3v) is 6.58. The lowest BCUT2D eigenvalue weighted by Crippen LogP contribution is -2.38. The van der Waals surface area contributed by atoms with E-state index in [1.807, 2.05) is 24.3 Å². The van der Waals surface area contributed by atoms with Crippen molar-refractivity contribution in [2.75, 3.05) is 13.7 Å². The van der Waals surface area contributed by atoms with E-state index in [9.17, 15) is 4.79 Å². The summed E-state index contributed by atoms with van der Waals surface area (Å²) in [7, 11) is 1.79. The van der Waals surface area contributed by atoms with E-state index >= 15 is 0 Å². The first-order valence-corrected chi connectivity index (χ1v) is 9.77. The summed E-state index contributed by atoms with van der Waals surface area (Å²) in [6, 6.07) is 10.0. The number of carbonyl (C=O) groups is 1. The third kappa shape index (κ3) is 3.75. The average Bonchev–Trinajstić information content (AvgIpc) is 3.04. The molecule has 0 N–H and O–H groups in total. The maximum Gasteiger partial charge on any atom is 0.159 e. The molecule has 128 valence electrons. The van der Waals surface area contributed by atoms with E-state index in [4.69, 9.17) is 9.47 Å². The molecule has 2 heterocycles. The van der Waals surface area contributed by atoms with E-state index in [-0.39, 0.29) is 17.5 Å². The number of rotatable bonds is 5. The lowest BCUT2D eigenvalue weighted by atomic mass is 9.85. The second-order valence-electron chi connectivity index (χ2n) is 6.17. The van der Waals surface area contributed by atoms with Crippen molar-refractivity contribution in [2.24, 2.45) is 0 Å². The maximum absolute atomic E-state index is 11.4. The normalized spacial score (nSPS) is 24.0. The molecule has 0 bridgehead atoms. The lowest BCUT2D eigenvalue weighted by molar-refractivity contribution is -0.122. The first kappa shape index (κ1) is 17.7. The molecule has 5 heteroatoms. The molecule has 0 saturated carbocycles. The molecule has 3 nitrogen and oxygen atoms in total. The highest BCUT2D eigenvalue weighted by Gasteiger charge is 2.38. The van der Waals surface area contributed by atoms with Crippen LogP contribution in [-0.2, 0) is 15.1 Å². The highest BCUT2D eigenvalue weighted by Crippen LogP contribution is 2.42. The van der Waals surface area contributed by atoms with E-state index in [1.54, 1.807) is 37.1 Å². The minimum atomic E-state index is -0.231. The first-order valence-electron chi connectivity index (χ1n) is 8.07. The van der Waals surface area contributed by atoms with Gasteiger partial charge in [-0.15, -0.1) is 11.3 Å². The Morgan fingerprint density at radius 1 is 1.38 bits per heavy atom. The van der Waals surface area contributed by atoms with Gasteiger partial charge in [-0.1, -0.05) is 23.9 Å². The topological polar surface area (TPSA) is 35.5 Å². The van der Waals surface area contributed by atoms with E-state index in [0.717, 1.165) is 29.9 Å². The van der Waals surface area contributed by atoms with Crippen molar-refractivity contribution in [1.82, 2.24) is 0 Å². The van der Waals surface area contributed by atoms with Crippen LogP contribution in [0.5, 0.6) is 0 Å². The van der Waals surface area contributed by atoms with Crippen LogP contribution in [0.25, 0.3) is 0 Å². The molecule has 3 rings (SSSR count). The average molecular weight is 363 g/mol. The fraction of sp³-hybridized carbons (Fsp3) is 0.421. The van der Waals surface area contributed by atoms with Crippen molar-refractivity contribution in [3.8, 4) is 0 Å². The lowest BCUT2D eigenvalue weighted by Gasteiger charge is -2.38. The van der Waals surface area contributed by atoms with E-state index in [1.165, 1.54) is 9.77 Å². The standard InChI is InChI=1S/C19H22O3S2/c1-13-11-19(21-3,8-9-22-13)16-10-18(23-12-16)24-17-6-4-15(5-7-17)14(2)20/h4-7,10,12-13H,8-9,11H2,1-3H3/t13-,19-/m0/s1. The number of ketones is 1. The summed E-state index contributed by atoms with van der Waals surface area (Å²) >= 11 is 3.46. The molecular formula is C19H22O3S2. The zero-order valence-electron chi connectivity index (χ0n) is 14.2. The van der Waals surface area contributed by atoms with Crippen LogP contribution >= 0.6 is 23.1 Å². The van der Waals surface area contributed by atoms with E-state index in [0.29, 0.717) is 0 Å². The Morgan fingerprint density at radius 3 is 2.75 bits per heavy atom. The highest BCUT2D eigenvalue weighted by molar-refractivity contribution is 8.01. The summed E-state index contributed by atoms with van der Waals surface area (Å²) in [6.45, 7) is 4.43. The monoisotopic (exact) mass is 362 g/mol. The Labute approximate surface area is 151 Å².